The maximum absolute atomic E-state index is 4.45. The van der Waals surface area contributed by atoms with Crippen molar-refractivity contribution in [3.63, 3.8) is 0 Å². The molecule has 6 heteroatoms. The second kappa shape index (κ2) is 4.34. The minimum atomic E-state index is 0.641. The van der Waals surface area contributed by atoms with Crippen molar-refractivity contribution in [1.82, 2.24) is 20.2 Å². The molecule has 0 unspecified atom stereocenters. The minimum Gasteiger partial charge on any atom is -0.362 e. The van der Waals surface area contributed by atoms with Gasteiger partial charge in [-0.25, -0.2) is 0 Å². The van der Waals surface area contributed by atoms with E-state index in [0.29, 0.717) is 5.95 Å². The molecule has 2 rings (SSSR count). The summed E-state index contributed by atoms with van der Waals surface area (Å²) in [6.45, 7) is 2.97. The lowest BCUT2D eigenvalue weighted by molar-refractivity contribution is 0.949. The van der Waals surface area contributed by atoms with Crippen molar-refractivity contribution in [3.05, 3.63) is 6.20 Å². The van der Waals surface area contributed by atoms with Crippen LogP contribution in [0.2, 0.25) is 0 Å². The van der Waals surface area contributed by atoms with E-state index in [1.54, 1.807) is 6.20 Å². The van der Waals surface area contributed by atoms with Crippen LogP contribution in [0.4, 0.5) is 11.8 Å². The highest BCUT2D eigenvalue weighted by Gasteiger charge is 2.10. The van der Waals surface area contributed by atoms with Gasteiger partial charge in [0, 0.05) is 20.6 Å². The first kappa shape index (κ1) is 10.7. The van der Waals surface area contributed by atoms with Gasteiger partial charge >= 0.3 is 0 Å². The summed E-state index contributed by atoms with van der Waals surface area (Å²) in [6, 6.07) is 0. The van der Waals surface area contributed by atoms with Crippen molar-refractivity contribution in [2.24, 2.45) is 0 Å². The number of aromatic amines is 1. The van der Waals surface area contributed by atoms with Gasteiger partial charge in [-0.1, -0.05) is 6.92 Å². The molecule has 0 saturated heterocycles. The molecule has 0 spiro atoms. The van der Waals surface area contributed by atoms with Crippen LogP contribution >= 0.6 is 0 Å². The Balaban J connectivity index is 2.44. The SMILES string of the molecule is CCCNc1nc(N(C)C)c2cn[nH]c2n1. The number of rotatable bonds is 4. The molecular formula is C10H16N6. The van der Waals surface area contributed by atoms with E-state index in [1.807, 2.05) is 19.0 Å². The topological polar surface area (TPSA) is 69.7 Å². The van der Waals surface area contributed by atoms with Crippen LogP contribution in [0.1, 0.15) is 13.3 Å². The van der Waals surface area contributed by atoms with Gasteiger partial charge in [-0.2, -0.15) is 15.1 Å². The van der Waals surface area contributed by atoms with Gasteiger partial charge < -0.3 is 10.2 Å². The maximum atomic E-state index is 4.45. The molecule has 0 aromatic carbocycles. The lowest BCUT2D eigenvalue weighted by atomic mass is 10.4. The molecule has 6 nitrogen and oxygen atoms in total. The Bertz CT molecular complexity index is 475. The van der Waals surface area contributed by atoms with Gasteiger partial charge in [0.2, 0.25) is 5.95 Å². The highest BCUT2D eigenvalue weighted by atomic mass is 15.2. The Morgan fingerprint density at radius 3 is 2.88 bits per heavy atom. The van der Waals surface area contributed by atoms with Crippen LogP contribution in [0.5, 0.6) is 0 Å². The predicted molar refractivity (Wildman–Crippen MR) is 64.8 cm³/mol. The molecule has 0 amide bonds. The van der Waals surface area contributed by atoms with Crippen molar-refractivity contribution in [2.75, 3.05) is 30.9 Å². The molecule has 16 heavy (non-hydrogen) atoms. The molecule has 2 aromatic rings. The molecule has 0 fully saturated rings. The molecule has 2 aromatic heterocycles. The Labute approximate surface area is 94.1 Å². The van der Waals surface area contributed by atoms with Crippen molar-refractivity contribution in [2.45, 2.75) is 13.3 Å². The Morgan fingerprint density at radius 2 is 2.19 bits per heavy atom. The fourth-order valence-corrected chi connectivity index (χ4v) is 1.48. The van der Waals surface area contributed by atoms with Crippen molar-refractivity contribution >= 4 is 22.8 Å². The second-order valence-electron chi connectivity index (χ2n) is 3.82. The highest BCUT2D eigenvalue weighted by molar-refractivity contribution is 5.87. The van der Waals surface area contributed by atoms with Crippen LogP contribution in [-0.2, 0) is 0 Å². The molecule has 0 radical (unpaired) electrons. The number of fused-ring (bicyclic) bond motifs is 1. The van der Waals surface area contributed by atoms with Gasteiger partial charge in [0.15, 0.2) is 5.65 Å². The largest absolute Gasteiger partial charge is 0.362 e. The average molecular weight is 220 g/mol. The molecule has 0 saturated carbocycles. The summed E-state index contributed by atoms with van der Waals surface area (Å²) in [5.74, 6) is 1.51. The second-order valence-corrected chi connectivity index (χ2v) is 3.82. The fourth-order valence-electron chi connectivity index (χ4n) is 1.48. The van der Waals surface area contributed by atoms with Crippen molar-refractivity contribution in [1.29, 1.82) is 0 Å². The lowest BCUT2D eigenvalue weighted by Gasteiger charge is -2.13. The lowest BCUT2D eigenvalue weighted by Crippen LogP contribution is -2.13. The highest BCUT2D eigenvalue weighted by Crippen LogP contribution is 2.21. The first-order chi connectivity index (χ1) is 7.72. The molecule has 2 N–H and O–H groups in total. The molecule has 2 heterocycles. The van der Waals surface area contributed by atoms with Crippen LogP contribution in [0, 0.1) is 0 Å². The number of nitrogens with zero attached hydrogens (tertiary/aromatic N) is 4. The van der Waals surface area contributed by atoms with Gasteiger partial charge in [-0.05, 0) is 6.42 Å². The third-order valence-electron chi connectivity index (χ3n) is 2.25. The fraction of sp³-hybridized carbons (Fsp3) is 0.500. The zero-order valence-corrected chi connectivity index (χ0v) is 9.78. The third-order valence-corrected chi connectivity index (χ3v) is 2.25. The van der Waals surface area contributed by atoms with Crippen LogP contribution in [0.3, 0.4) is 0 Å². The molecule has 0 bridgehead atoms. The monoisotopic (exact) mass is 220 g/mol. The quantitative estimate of drug-likeness (QED) is 0.811. The Kier molecular flexibility index (Phi) is 2.89. The summed E-state index contributed by atoms with van der Waals surface area (Å²) in [5.41, 5.74) is 0.761. The number of hydrogen-bond donors (Lipinski definition) is 2. The molecule has 0 aliphatic rings. The van der Waals surface area contributed by atoms with E-state index in [0.717, 1.165) is 29.8 Å². The van der Waals surface area contributed by atoms with Gasteiger partial charge in [-0.3, -0.25) is 5.10 Å². The zero-order chi connectivity index (χ0) is 11.5. The third kappa shape index (κ3) is 1.91. The van der Waals surface area contributed by atoms with E-state index in [1.165, 1.54) is 0 Å². The van der Waals surface area contributed by atoms with E-state index >= 15 is 0 Å². The summed E-state index contributed by atoms with van der Waals surface area (Å²) in [7, 11) is 3.91. The summed E-state index contributed by atoms with van der Waals surface area (Å²) in [6.07, 6.45) is 2.79. The summed E-state index contributed by atoms with van der Waals surface area (Å²) < 4.78 is 0. The van der Waals surface area contributed by atoms with Gasteiger partial charge in [-0.15, -0.1) is 0 Å². The molecule has 0 atom stereocenters. The van der Waals surface area contributed by atoms with Crippen LogP contribution in [0.15, 0.2) is 6.20 Å². The number of hydrogen-bond acceptors (Lipinski definition) is 5. The summed E-state index contributed by atoms with van der Waals surface area (Å²) >= 11 is 0. The van der Waals surface area contributed by atoms with E-state index in [4.69, 9.17) is 0 Å². The van der Waals surface area contributed by atoms with E-state index in [2.05, 4.69) is 32.4 Å². The average Bonchev–Trinajstić information content (AvgIpc) is 2.72. The van der Waals surface area contributed by atoms with Crippen molar-refractivity contribution in [3.8, 4) is 0 Å². The smallest absolute Gasteiger partial charge is 0.226 e. The summed E-state index contributed by atoms with van der Waals surface area (Å²) in [5, 5.41) is 11.0. The van der Waals surface area contributed by atoms with Crippen molar-refractivity contribution < 1.29 is 0 Å². The van der Waals surface area contributed by atoms with Crippen LogP contribution in [0.25, 0.3) is 11.0 Å². The van der Waals surface area contributed by atoms with E-state index in [-0.39, 0.29) is 0 Å². The number of nitrogens with one attached hydrogen (secondary N) is 2. The zero-order valence-electron chi connectivity index (χ0n) is 9.78. The summed E-state index contributed by atoms with van der Waals surface area (Å²) in [4.78, 5) is 10.8. The maximum Gasteiger partial charge on any atom is 0.226 e. The van der Waals surface area contributed by atoms with E-state index in [9.17, 15) is 0 Å². The Morgan fingerprint density at radius 1 is 1.38 bits per heavy atom. The van der Waals surface area contributed by atoms with Crippen LogP contribution in [-0.4, -0.2) is 40.8 Å². The first-order valence-corrected chi connectivity index (χ1v) is 5.34. The molecule has 0 aliphatic heterocycles. The molecular weight excluding hydrogens is 204 g/mol. The number of anilines is 2. The minimum absolute atomic E-state index is 0.641. The first-order valence-electron chi connectivity index (χ1n) is 5.34. The standard InChI is InChI=1S/C10H16N6/c1-4-5-11-10-13-8-7(6-12-15-8)9(14-10)16(2)3/h6H,4-5H2,1-3H3,(H2,11,12,13,14,15). The number of H-pyrrole nitrogens is 1. The van der Waals surface area contributed by atoms with Gasteiger partial charge in [0.25, 0.3) is 0 Å². The van der Waals surface area contributed by atoms with Gasteiger partial charge in [0.05, 0.1) is 11.6 Å². The normalized spacial score (nSPS) is 10.7. The predicted octanol–water partition coefficient (Wildman–Crippen LogP) is 1.24. The molecule has 0 aliphatic carbocycles. The number of aromatic nitrogens is 4. The Hall–Kier alpha value is -1.85. The van der Waals surface area contributed by atoms with Crippen LogP contribution < -0.4 is 10.2 Å². The van der Waals surface area contributed by atoms with E-state index < -0.39 is 0 Å². The van der Waals surface area contributed by atoms with Gasteiger partial charge in [0.1, 0.15) is 5.82 Å². The molecule has 86 valence electrons.